The van der Waals surface area contributed by atoms with Crippen molar-refractivity contribution < 1.29 is 9.53 Å². The van der Waals surface area contributed by atoms with E-state index >= 15 is 0 Å². The van der Waals surface area contributed by atoms with E-state index in [4.69, 9.17) is 10.00 Å². The van der Waals surface area contributed by atoms with Crippen LogP contribution in [0, 0.1) is 11.3 Å². The molecule has 0 radical (unpaired) electrons. The fraction of sp³-hybridized carbons (Fsp3) is 0.214. The van der Waals surface area contributed by atoms with Gasteiger partial charge in [-0.2, -0.15) is 5.26 Å². The standard InChI is InChI=1S/C14H13N3O2S/c1-10(13(18)17(2)14-16-7-8-20-14)19-12-6-4-3-5-11(12)9-15/h3-8,10H,1-2H3. The molecule has 0 saturated heterocycles. The maximum absolute atomic E-state index is 12.2. The number of rotatable bonds is 4. The third-order valence-corrected chi connectivity index (χ3v) is 3.54. The molecule has 1 unspecified atom stereocenters. The van der Waals surface area contributed by atoms with Crippen molar-refractivity contribution in [3.8, 4) is 11.8 Å². The molecule has 1 amide bonds. The van der Waals surface area contributed by atoms with Crippen LogP contribution in [-0.2, 0) is 4.79 Å². The van der Waals surface area contributed by atoms with Gasteiger partial charge in [0.1, 0.15) is 11.8 Å². The van der Waals surface area contributed by atoms with Gasteiger partial charge in [-0.15, -0.1) is 11.3 Å². The quantitative estimate of drug-likeness (QED) is 0.866. The average Bonchev–Trinajstić information content (AvgIpc) is 3.00. The van der Waals surface area contributed by atoms with Crippen molar-refractivity contribution in [3.05, 3.63) is 41.4 Å². The van der Waals surface area contributed by atoms with Crippen molar-refractivity contribution in [2.45, 2.75) is 13.0 Å². The number of hydrogen-bond acceptors (Lipinski definition) is 5. The molecule has 0 N–H and O–H groups in total. The minimum Gasteiger partial charge on any atom is -0.479 e. The number of carbonyl (C=O) groups excluding carboxylic acids is 1. The summed E-state index contributed by atoms with van der Waals surface area (Å²) >= 11 is 1.38. The highest BCUT2D eigenvalue weighted by Gasteiger charge is 2.22. The van der Waals surface area contributed by atoms with Gasteiger partial charge in [-0.05, 0) is 19.1 Å². The first kappa shape index (κ1) is 14.0. The second-order valence-corrected chi connectivity index (χ2v) is 4.95. The highest BCUT2D eigenvalue weighted by molar-refractivity contribution is 7.13. The van der Waals surface area contributed by atoms with Crippen LogP contribution < -0.4 is 9.64 Å². The Hall–Kier alpha value is -2.39. The highest BCUT2D eigenvalue weighted by atomic mass is 32.1. The average molecular weight is 287 g/mol. The van der Waals surface area contributed by atoms with Gasteiger partial charge in [0.2, 0.25) is 0 Å². The minimum absolute atomic E-state index is 0.215. The number of hydrogen-bond donors (Lipinski definition) is 0. The molecular formula is C14H13N3O2S. The zero-order valence-electron chi connectivity index (χ0n) is 11.1. The van der Waals surface area contributed by atoms with E-state index in [0.717, 1.165) is 0 Å². The summed E-state index contributed by atoms with van der Waals surface area (Å²) in [6.07, 6.45) is 0.943. The summed E-state index contributed by atoms with van der Waals surface area (Å²) in [5.74, 6) is 0.191. The molecule has 0 aliphatic rings. The van der Waals surface area contributed by atoms with Crippen molar-refractivity contribution in [3.63, 3.8) is 0 Å². The molecule has 6 heteroatoms. The van der Waals surface area contributed by atoms with Gasteiger partial charge in [0.15, 0.2) is 11.2 Å². The Bertz CT molecular complexity index is 634. The second-order valence-electron chi connectivity index (χ2n) is 4.08. The van der Waals surface area contributed by atoms with Crippen molar-refractivity contribution in [1.29, 1.82) is 5.26 Å². The maximum Gasteiger partial charge on any atom is 0.269 e. The van der Waals surface area contributed by atoms with Gasteiger partial charge in [-0.1, -0.05) is 12.1 Å². The third kappa shape index (κ3) is 2.95. The van der Waals surface area contributed by atoms with Crippen LogP contribution in [0.25, 0.3) is 0 Å². The molecule has 0 fully saturated rings. The molecule has 5 nitrogen and oxygen atoms in total. The topological polar surface area (TPSA) is 66.2 Å². The lowest BCUT2D eigenvalue weighted by atomic mass is 10.2. The number of likely N-dealkylation sites (N-methyl/N-ethyl adjacent to an activating group) is 1. The van der Waals surface area contributed by atoms with Crippen LogP contribution in [0.3, 0.4) is 0 Å². The van der Waals surface area contributed by atoms with Crippen LogP contribution >= 0.6 is 11.3 Å². The zero-order valence-corrected chi connectivity index (χ0v) is 11.9. The molecule has 1 aromatic heterocycles. The number of anilines is 1. The van der Waals surface area contributed by atoms with Gasteiger partial charge in [0, 0.05) is 18.6 Å². The fourth-order valence-corrected chi connectivity index (χ4v) is 2.26. The predicted molar refractivity (Wildman–Crippen MR) is 76.8 cm³/mol. The third-order valence-electron chi connectivity index (χ3n) is 2.70. The largest absolute Gasteiger partial charge is 0.479 e. The number of nitriles is 1. The summed E-state index contributed by atoms with van der Waals surface area (Å²) < 4.78 is 5.58. The van der Waals surface area contributed by atoms with E-state index in [-0.39, 0.29) is 5.91 Å². The molecule has 0 saturated carbocycles. The molecule has 1 aromatic carbocycles. The molecule has 0 aliphatic carbocycles. The van der Waals surface area contributed by atoms with Crippen LogP contribution in [0.1, 0.15) is 12.5 Å². The van der Waals surface area contributed by atoms with E-state index in [1.165, 1.54) is 16.2 Å². The molecule has 0 bridgehead atoms. The van der Waals surface area contributed by atoms with Crippen molar-refractivity contribution in [2.75, 3.05) is 11.9 Å². The lowest BCUT2D eigenvalue weighted by Crippen LogP contribution is -2.38. The van der Waals surface area contributed by atoms with Gasteiger partial charge in [0.05, 0.1) is 5.56 Å². The number of amides is 1. The van der Waals surface area contributed by atoms with Crippen LogP contribution in [0.15, 0.2) is 35.8 Å². The summed E-state index contributed by atoms with van der Waals surface area (Å²) in [6, 6.07) is 8.87. The number of aromatic nitrogens is 1. The molecule has 20 heavy (non-hydrogen) atoms. The van der Waals surface area contributed by atoms with Crippen LogP contribution in [0.5, 0.6) is 5.75 Å². The minimum atomic E-state index is -0.696. The second kappa shape index (κ2) is 6.17. The van der Waals surface area contributed by atoms with E-state index in [2.05, 4.69) is 4.98 Å². The Balaban J connectivity index is 2.10. The zero-order chi connectivity index (χ0) is 14.5. The Morgan fingerprint density at radius 1 is 1.50 bits per heavy atom. The van der Waals surface area contributed by atoms with Gasteiger partial charge < -0.3 is 4.74 Å². The smallest absolute Gasteiger partial charge is 0.269 e. The summed E-state index contributed by atoms with van der Waals surface area (Å²) in [5.41, 5.74) is 0.407. The molecule has 0 aliphatic heterocycles. The number of benzene rings is 1. The monoisotopic (exact) mass is 287 g/mol. The number of para-hydroxylation sites is 1. The van der Waals surface area contributed by atoms with Gasteiger partial charge in [-0.3, -0.25) is 9.69 Å². The first-order valence-corrected chi connectivity index (χ1v) is 6.84. The SMILES string of the molecule is CC(Oc1ccccc1C#N)C(=O)N(C)c1nccs1. The van der Waals surface area contributed by atoms with Gasteiger partial charge in [0.25, 0.3) is 5.91 Å². The Kier molecular flexibility index (Phi) is 4.33. The Morgan fingerprint density at radius 3 is 2.90 bits per heavy atom. The summed E-state index contributed by atoms with van der Waals surface area (Å²) in [4.78, 5) is 17.8. The first-order chi connectivity index (χ1) is 9.63. The number of carbonyl (C=O) groups is 1. The van der Waals surface area contributed by atoms with Gasteiger partial charge in [-0.25, -0.2) is 4.98 Å². The summed E-state index contributed by atoms with van der Waals surface area (Å²) in [6.45, 7) is 1.65. The van der Waals surface area contributed by atoms with Gasteiger partial charge >= 0.3 is 0 Å². The molecule has 1 atom stereocenters. The summed E-state index contributed by atoms with van der Waals surface area (Å²) in [7, 11) is 1.65. The van der Waals surface area contributed by atoms with E-state index in [9.17, 15) is 4.79 Å². The van der Waals surface area contributed by atoms with Crippen LogP contribution in [0.4, 0.5) is 5.13 Å². The number of nitrogens with zero attached hydrogens (tertiary/aromatic N) is 3. The lowest BCUT2D eigenvalue weighted by Gasteiger charge is -2.20. The summed E-state index contributed by atoms with van der Waals surface area (Å²) in [5, 5.41) is 11.4. The molecule has 1 heterocycles. The highest BCUT2D eigenvalue weighted by Crippen LogP contribution is 2.21. The van der Waals surface area contributed by atoms with Crippen LogP contribution in [-0.4, -0.2) is 24.0 Å². The van der Waals surface area contributed by atoms with E-state index in [1.54, 1.807) is 49.8 Å². The number of ether oxygens (including phenoxy) is 1. The van der Waals surface area contributed by atoms with Crippen LogP contribution in [0.2, 0.25) is 0 Å². The lowest BCUT2D eigenvalue weighted by molar-refractivity contribution is -0.124. The van der Waals surface area contributed by atoms with E-state index in [1.807, 2.05) is 6.07 Å². The molecular weight excluding hydrogens is 274 g/mol. The normalized spacial score (nSPS) is 11.4. The van der Waals surface area contributed by atoms with Crippen molar-refractivity contribution in [2.24, 2.45) is 0 Å². The fourth-order valence-electron chi connectivity index (χ4n) is 1.65. The Morgan fingerprint density at radius 2 is 2.25 bits per heavy atom. The number of thiazole rings is 1. The predicted octanol–water partition coefficient (Wildman–Crippen LogP) is 2.45. The maximum atomic E-state index is 12.2. The van der Waals surface area contributed by atoms with Crippen molar-refractivity contribution >= 4 is 22.4 Å². The molecule has 0 spiro atoms. The van der Waals surface area contributed by atoms with E-state index in [0.29, 0.717) is 16.4 Å². The molecule has 2 rings (SSSR count). The van der Waals surface area contributed by atoms with Crippen molar-refractivity contribution in [1.82, 2.24) is 4.98 Å². The first-order valence-electron chi connectivity index (χ1n) is 5.96. The Labute approximate surface area is 121 Å². The molecule has 2 aromatic rings. The van der Waals surface area contributed by atoms with E-state index < -0.39 is 6.10 Å². The molecule has 102 valence electrons.